The maximum Gasteiger partial charge on any atom is 0.297 e. The van der Waals surface area contributed by atoms with E-state index in [4.69, 9.17) is 17.1 Å². The van der Waals surface area contributed by atoms with Gasteiger partial charge in [-0.25, -0.2) is 0 Å². The first-order valence-electron chi connectivity index (χ1n) is 4.75. The molecule has 14 heavy (non-hydrogen) atoms. The van der Waals surface area contributed by atoms with Gasteiger partial charge in [-0.2, -0.15) is 4.79 Å². The molecule has 0 spiro atoms. The summed E-state index contributed by atoms with van der Waals surface area (Å²) in [4.78, 5) is 5.31. The predicted octanol–water partition coefficient (Wildman–Crippen LogP) is 2.41. The Kier molecular flexibility index (Phi) is 3.93. The van der Waals surface area contributed by atoms with Crippen LogP contribution in [0.15, 0.2) is 22.9 Å². The van der Waals surface area contributed by atoms with Gasteiger partial charge in [0.05, 0.1) is 17.2 Å². The van der Waals surface area contributed by atoms with Crippen molar-refractivity contribution in [3.8, 4) is 0 Å². The molecule has 0 radical (unpaired) electrons. The topological polar surface area (TPSA) is 39.6 Å². The minimum atomic E-state index is 0.514. The molecule has 0 saturated carbocycles. The number of allylic oxidation sites excluding steroid dienone is 3. The Morgan fingerprint density at radius 3 is 2.50 bits per heavy atom. The van der Waals surface area contributed by atoms with Gasteiger partial charge in [-0.15, -0.1) is 0 Å². The molecule has 0 atom stereocenters. The van der Waals surface area contributed by atoms with Crippen molar-refractivity contribution in [3.05, 3.63) is 28.4 Å². The molecule has 3 nitrogen and oxygen atoms in total. The molecule has 0 N–H and O–H groups in total. The minimum absolute atomic E-state index is 0.514. The van der Waals surface area contributed by atoms with E-state index >= 15 is 0 Å². The van der Waals surface area contributed by atoms with Gasteiger partial charge in [0, 0.05) is 19.2 Å². The number of rotatable bonds is 3. The van der Waals surface area contributed by atoms with Crippen LogP contribution in [0.3, 0.4) is 0 Å². The molecule has 0 aromatic rings. The summed E-state index contributed by atoms with van der Waals surface area (Å²) in [5.74, 6) is 0. The van der Waals surface area contributed by atoms with Crippen molar-refractivity contribution in [2.24, 2.45) is 0 Å². The largest absolute Gasteiger partial charge is 0.371 e. The van der Waals surface area contributed by atoms with Crippen molar-refractivity contribution < 1.29 is 4.79 Å². The van der Waals surface area contributed by atoms with Crippen LogP contribution in [0.5, 0.6) is 0 Å². The quantitative estimate of drug-likeness (QED) is 0.522. The number of hydrogen-bond acceptors (Lipinski definition) is 1. The third-order valence-corrected chi connectivity index (χ3v) is 2.61. The Morgan fingerprint density at radius 2 is 2.07 bits per heavy atom. The van der Waals surface area contributed by atoms with Crippen LogP contribution in [0.2, 0.25) is 0 Å². The Hall–Kier alpha value is -1.05. The molecule has 1 rings (SSSR count). The molecule has 0 bridgehead atoms. The average Bonchev–Trinajstić information content (AvgIpc) is 2.22. The molecule has 4 heteroatoms. The van der Waals surface area contributed by atoms with Gasteiger partial charge >= 0.3 is 0 Å². The number of nitrogens with zero attached hydrogens (tertiary/aromatic N) is 3. The normalized spacial score (nSPS) is 15.8. The van der Waals surface area contributed by atoms with Crippen LogP contribution < -0.4 is 0 Å². The lowest BCUT2D eigenvalue weighted by Crippen LogP contribution is -2.23. The van der Waals surface area contributed by atoms with Gasteiger partial charge < -0.3 is 10.4 Å². The summed E-state index contributed by atoms with van der Waals surface area (Å²) in [6, 6.07) is 0. The highest BCUT2D eigenvalue weighted by Crippen LogP contribution is 2.23. The lowest BCUT2D eigenvalue weighted by atomic mass is 10.1. The Morgan fingerprint density at radius 1 is 1.43 bits per heavy atom. The van der Waals surface area contributed by atoms with Crippen LogP contribution in [0.1, 0.15) is 20.3 Å². The highest BCUT2D eigenvalue weighted by Gasteiger charge is 2.18. The third-order valence-electron chi connectivity index (χ3n) is 2.28. The number of halogens is 1. The fourth-order valence-electron chi connectivity index (χ4n) is 1.48. The first-order chi connectivity index (χ1) is 6.72. The molecule has 0 amide bonds. The van der Waals surface area contributed by atoms with Crippen LogP contribution in [-0.4, -0.2) is 28.5 Å². The SMILES string of the molecule is CCN(CC)C1=C(Cl)CC(=[N+]=[N-])C=C1. The first-order valence-corrected chi connectivity index (χ1v) is 5.13. The number of hydrogen-bond donors (Lipinski definition) is 0. The molecule has 0 unspecified atom stereocenters. The lowest BCUT2D eigenvalue weighted by molar-refractivity contribution is -0.00556. The van der Waals surface area contributed by atoms with Gasteiger partial charge in [0.1, 0.15) is 0 Å². The molecule has 1 aliphatic rings. The second kappa shape index (κ2) is 4.99. The van der Waals surface area contributed by atoms with Gasteiger partial charge in [0.15, 0.2) is 0 Å². The van der Waals surface area contributed by atoms with Crippen LogP contribution in [0.4, 0.5) is 0 Å². The molecule has 0 saturated heterocycles. The second-order valence-corrected chi connectivity index (χ2v) is 3.52. The standard InChI is InChI=1S/C10H14ClN3/c1-3-14(4-2)10-6-5-8(13-12)7-9(10)11/h5-6H,3-4,7H2,1-2H3. The Labute approximate surface area is 89.3 Å². The average molecular weight is 212 g/mol. The second-order valence-electron chi connectivity index (χ2n) is 3.06. The number of likely N-dealkylation sites (N-methyl/N-ethyl adjacent to an activating group) is 1. The Bertz CT molecular complexity index is 320. The van der Waals surface area contributed by atoms with E-state index in [-0.39, 0.29) is 0 Å². The molecule has 76 valence electrons. The van der Waals surface area contributed by atoms with E-state index in [1.54, 1.807) is 6.08 Å². The van der Waals surface area contributed by atoms with E-state index in [9.17, 15) is 0 Å². The van der Waals surface area contributed by atoms with Gasteiger partial charge in [-0.3, -0.25) is 0 Å². The van der Waals surface area contributed by atoms with E-state index in [0.29, 0.717) is 12.1 Å². The van der Waals surface area contributed by atoms with Gasteiger partial charge in [0.2, 0.25) is 0 Å². The van der Waals surface area contributed by atoms with Gasteiger partial charge in [-0.1, -0.05) is 11.6 Å². The van der Waals surface area contributed by atoms with Crippen molar-refractivity contribution >= 4 is 17.3 Å². The summed E-state index contributed by atoms with van der Waals surface area (Å²) < 4.78 is 0. The van der Waals surface area contributed by atoms with E-state index in [1.165, 1.54) is 0 Å². The maximum absolute atomic E-state index is 8.59. The first kappa shape index (κ1) is 11.0. The van der Waals surface area contributed by atoms with Crippen molar-refractivity contribution in [2.75, 3.05) is 13.1 Å². The zero-order valence-corrected chi connectivity index (χ0v) is 9.25. The summed E-state index contributed by atoms with van der Waals surface area (Å²) in [5.41, 5.74) is 10.2. The lowest BCUT2D eigenvalue weighted by Gasteiger charge is -2.24. The van der Waals surface area contributed by atoms with E-state index in [1.807, 2.05) is 6.08 Å². The maximum atomic E-state index is 8.59. The smallest absolute Gasteiger partial charge is 0.297 e. The van der Waals surface area contributed by atoms with Crippen LogP contribution in [-0.2, 0) is 0 Å². The van der Waals surface area contributed by atoms with Crippen molar-refractivity contribution in [1.82, 2.24) is 4.90 Å². The summed E-state index contributed by atoms with van der Waals surface area (Å²) in [6.07, 6.45) is 4.20. The highest BCUT2D eigenvalue weighted by molar-refractivity contribution is 6.32. The van der Waals surface area contributed by atoms with E-state index in [0.717, 1.165) is 23.8 Å². The fraction of sp³-hybridized carbons (Fsp3) is 0.500. The van der Waals surface area contributed by atoms with Crippen molar-refractivity contribution in [2.45, 2.75) is 20.3 Å². The summed E-state index contributed by atoms with van der Waals surface area (Å²) >= 11 is 6.10. The Balaban J connectivity index is 2.91. The monoisotopic (exact) mass is 211 g/mol. The van der Waals surface area contributed by atoms with Crippen molar-refractivity contribution in [1.29, 1.82) is 0 Å². The molecular weight excluding hydrogens is 198 g/mol. The summed E-state index contributed by atoms with van der Waals surface area (Å²) in [5, 5.41) is 0.740. The van der Waals surface area contributed by atoms with Gasteiger partial charge in [0.25, 0.3) is 5.71 Å². The third kappa shape index (κ3) is 2.25. The molecule has 0 aromatic carbocycles. The zero-order chi connectivity index (χ0) is 10.6. The van der Waals surface area contributed by atoms with Crippen LogP contribution in [0.25, 0.3) is 5.53 Å². The van der Waals surface area contributed by atoms with Crippen LogP contribution in [0, 0.1) is 0 Å². The van der Waals surface area contributed by atoms with Crippen molar-refractivity contribution in [3.63, 3.8) is 0 Å². The molecule has 0 aromatic heterocycles. The molecule has 0 aliphatic heterocycles. The predicted molar refractivity (Wildman–Crippen MR) is 58.2 cm³/mol. The van der Waals surface area contributed by atoms with Gasteiger partial charge in [-0.05, 0) is 19.9 Å². The molecular formula is C10H14ClN3. The highest BCUT2D eigenvalue weighted by atomic mass is 35.5. The summed E-state index contributed by atoms with van der Waals surface area (Å²) in [7, 11) is 0. The molecule has 1 aliphatic carbocycles. The zero-order valence-electron chi connectivity index (χ0n) is 8.50. The van der Waals surface area contributed by atoms with Crippen LogP contribution >= 0.6 is 11.6 Å². The summed E-state index contributed by atoms with van der Waals surface area (Å²) in [6.45, 7) is 6.03. The minimum Gasteiger partial charge on any atom is -0.371 e. The fourth-order valence-corrected chi connectivity index (χ4v) is 1.80. The van der Waals surface area contributed by atoms with E-state index in [2.05, 4.69) is 23.5 Å². The molecule has 0 heterocycles. The van der Waals surface area contributed by atoms with E-state index < -0.39 is 0 Å². The molecule has 0 fully saturated rings.